The van der Waals surface area contributed by atoms with Crippen LogP contribution < -0.4 is 5.32 Å². The van der Waals surface area contributed by atoms with Crippen molar-refractivity contribution in [3.8, 4) is 5.69 Å². The highest BCUT2D eigenvalue weighted by atomic mass is 35.5. The van der Waals surface area contributed by atoms with Gasteiger partial charge in [0.2, 0.25) is 5.82 Å². The van der Waals surface area contributed by atoms with Crippen LogP contribution in [0.2, 0.25) is 10.0 Å². The van der Waals surface area contributed by atoms with Crippen molar-refractivity contribution in [3.63, 3.8) is 0 Å². The topological polar surface area (TPSA) is 55.6 Å². The second-order valence-corrected chi connectivity index (χ2v) is 9.32. The molecule has 2 aromatic heterocycles. The molecule has 17 heteroatoms. The van der Waals surface area contributed by atoms with E-state index < -0.39 is 68.2 Å². The predicted octanol–water partition coefficient (Wildman–Crippen LogP) is 8.37. The molecule has 0 unspecified atom stereocenters. The fourth-order valence-corrected chi connectivity index (χ4v) is 4.39. The summed E-state index contributed by atoms with van der Waals surface area (Å²) in [6, 6.07) is 0.933. The molecule has 0 spiro atoms. The van der Waals surface area contributed by atoms with Crippen molar-refractivity contribution < 1.29 is 39.5 Å². The number of benzene rings is 1. The van der Waals surface area contributed by atoms with Gasteiger partial charge in [0.1, 0.15) is 11.5 Å². The molecule has 0 saturated heterocycles. The summed E-state index contributed by atoms with van der Waals surface area (Å²) in [7, 11) is 0. The van der Waals surface area contributed by atoms with Gasteiger partial charge in [-0.1, -0.05) is 37.6 Å². The molecule has 0 aliphatic heterocycles. The zero-order chi connectivity index (χ0) is 27.1. The molecule has 1 aromatic carbocycles. The molecule has 1 N–H and O–H groups in total. The number of halogens is 11. The molecule has 0 fully saturated rings. The lowest BCUT2D eigenvalue weighted by Gasteiger charge is -2.16. The van der Waals surface area contributed by atoms with Gasteiger partial charge in [-0.2, -0.15) is 51.3 Å². The van der Waals surface area contributed by atoms with Crippen LogP contribution in [0.25, 0.3) is 16.7 Å². The van der Waals surface area contributed by atoms with Crippen LogP contribution in [0.4, 0.5) is 45.3 Å². The number of thioether (sulfide) groups is 1. The second-order valence-electron chi connectivity index (χ2n) is 7.11. The molecule has 3 rings (SSSR count). The molecule has 3 aromatic rings. The third-order valence-corrected chi connectivity index (χ3v) is 6.14. The van der Waals surface area contributed by atoms with Crippen LogP contribution >= 0.6 is 35.0 Å². The summed E-state index contributed by atoms with van der Waals surface area (Å²) in [5.74, 6) is -1.26. The Morgan fingerprint density at radius 2 is 1.51 bits per heavy atom. The van der Waals surface area contributed by atoms with Crippen molar-refractivity contribution in [2.45, 2.75) is 39.3 Å². The first kappa shape index (κ1) is 31.1. The van der Waals surface area contributed by atoms with E-state index in [1.807, 2.05) is 6.92 Å². The lowest BCUT2D eigenvalue weighted by molar-refractivity contribution is -0.151. The Morgan fingerprint density at radius 1 is 0.919 bits per heavy atom. The minimum atomic E-state index is -5.36. The minimum absolute atomic E-state index is 0. The summed E-state index contributed by atoms with van der Waals surface area (Å²) in [5, 5.41) is 4.11. The molecular weight excluding hydrogens is 584 g/mol. The molecule has 0 atom stereocenters. The Kier molecular flexibility index (Phi) is 9.51. The Bertz CT molecular complexity index is 1230. The van der Waals surface area contributed by atoms with Crippen LogP contribution in [-0.2, 0) is 18.5 Å². The Hall–Kier alpha value is -2.13. The van der Waals surface area contributed by atoms with Crippen molar-refractivity contribution in [3.05, 3.63) is 39.3 Å². The molecule has 2 heterocycles. The van der Waals surface area contributed by atoms with Gasteiger partial charge < -0.3 is 5.32 Å². The monoisotopic (exact) mass is 601 g/mol. The minimum Gasteiger partial charge on any atom is -0.369 e. The quantitative estimate of drug-likeness (QED) is 0.218. The third-order valence-electron chi connectivity index (χ3n) is 4.57. The second kappa shape index (κ2) is 11.3. The van der Waals surface area contributed by atoms with E-state index in [1.165, 1.54) is 11.8 Å². The molecule has 0 aliphatic rings. The van der Waals surface area contributed by atoms with Gasteiger partial charge >= 0.3 is 18.5 Å². The first-order valence-corrected chi connectivity index (χ1v) is 11.8. The van der Waals surface area contributed by atoms with Crippen LogP contribution in [0.3, 0.4) is 0 Å². The molecule has 0 bridgehead atoms. The van der Waals surface area contributed by atoms with Gasteiger partial charge in [0.05, 0.1) is 21.0 Å². The Morgan fingerprint density at radius 3 is 2.00 bits per heavy atom. The number of aromatic nitrogens is 4. The third kappa shape index (κ3) is 6.85. The summed E-state index contributed by atoms with van der Waals surface area (Å²) < 4.78 is 121. The van der Waals surface area contributed by atoms with Crippen molar-refractivity contribution in [2.24, 2.45) is 0 Å². The van der Waals surface area contributed by atoms with E-state index in [-0.39, 0.29) is 14.0 Å². The number of alkyl halides is 9. The zero-order valence-electron chi connectivity index (χ0n) is 17.8. The number of nitrogens with zero attached hydrogens (tertiary/aromatic N) is 4. The van der Waals surface area contributed by atoms with Crippen LogP contribution in [-0.4, -0.2) is 37.8 Å². The highest BCUT2D eigenvalue weighted by Gasteiger charge is 2.43. The van der Waals surface area contributed by atoms with Crippen molar-refractivity contribution >= 4 is 51.8 Å². The van der Waals surface area contributed by atoms with E-state index in [0.717, 1.165) is 5.75 Å². The summed E-state index contributed by atoms with van der Waals surface area (Å²) in [4.78, 5) is 5.81. The fourth-order valence-electron chi connectivity index (χ4n) is 3.10. The highest BCUT2D eigenvalue weighted by molar-refractivity contribution is 7.99. The molecule has 0 radical (unpaired) electrons. The first-order chi connectivity index (χ1) is 16.6. The van der Waals surface area contributed by atoms with E-state index in [2.05, 4.69) is 20.4 Å². The summed E-state index contributed by atoms with van der Waals surface area (Å²) in [5.41, 5.74) is -4.69. The maximum Gasteiger partial charge on any atom is 0.451 e. The molecule has 0 amide bonds. The van der Waals surface area contributed by atoms with Crippen molar-refractivity contribution in [1.29, 1.82) is 0 Å². The summed E-state index contributed by atoms with van der Waals surface area (Å²) in [6.07, 6.45) is -15.1. The lowest BCUT2D eigenvalue weighted by atomic mass is 10.2. The van der Waals surface area contributed by atoms with E-state index in [1.54, 1.807) is 0 Å². The van der Waals surface area contributed by atoms with Crippen molar-refractivity contribution in [1.82, 2.24) is 19.7 Å². The zero-order valence-corrected chi connectivity index (χ0v) is 20.2. The van der Waals surface area contributed by atoms with Gasteiger partial charge in [-0.3, -0.25) is 0 Å². The highest BCUT2D eigenvalue weighted by Crippen LogP contribution is 2.43. The molecule has 206 valence electrons. The number of anilines is 1. The molecule has 0 aliphatic carbocycles. The number of nitrogens with one attached hydrogen (secondary N) is 1. The lowest BCUT2D eigenvalue weighted by Crippen LogP contribution is -2.18. The van der Waals surface area contributed by atoms with E-state index in [4.69, 9.17) is 23.2 Å². The average molecular weight is 602 g/mol. The van der Waals surface area contributed by atoms with Crippen LogP contribution in [0.5, 0.6) is 0 Å². The molecular formula is C20H18Cl2F9N5S. The van der Waals surface area contributed by atoms with Gasteiger partial charge in [-0.25, -0.2) is 14.6 Å². The van der Waals surface area contributed by atoms with Crippen molar-refractivity contribution in [2.75, 3.05) is 23.4 Å². The number of hydrogen-bond donors (Lipinski definition) is 1. The van der Waals surface area contributed by atoms with Gasteiger partial charge in [0.15, 0.2) is 11.3 Å². The first-order valence-electron chi connectivity index (χ1n) is 9.89. The fraction of sp³-hybridized carbons (Fsp3) is 0.450. The average Bonchev–Trinajstić information content (AvgIpc) is 3.08. The van der Waals surface area contributed by atoms with Gasteiger partial charge in [0, 0.05) is 6.54 Å². The number of hydrogen-bond acceptors (Lipinski definition) is 5. The maximum absolute atomic E-state index is 13.8. The van der Waals surface area contributed by atoms with Crippen LogP contribution in [0, 0.1) is 0 Å². The molecule has 5 nitrogen and oxygen atoms in total. The van der Waals surface area contributed by atoms with E-state index >= 15 is 0 Å². The van der Waals surface area contributed by atoms with Gasteiger partial charge in [-0.15, -0.1) is 5.10 Å². The summed E-state index contributed by atoms with van der Waals surface area (Å²) >= 11 is 13.5. The maximum atomic E-state index is 13.8. The van der Waals surface area contributed by atoms with Gasteiger partial charge in [0.25, 0.3) is 0 Å². The number of fused-ring (bicyclic) bond motifs is 1. The van der Waals surface area contributed by atoms with Crippen LogP contribution in [0.1, 0.15) is 37.9 Å². The summed E-state index contributed by atoms with van der Waals surface area (Å²) in [6.45, 7) is 1.92. The SMILES string of the molecule is C.CCSCCCNc1c2c(C(F)(F)F)nc(C(F)(F)F)nc2nn1-c1c(Cl)cc(C(F)(F)F)cc1Cl. The largest absolute Gasteiger partial charge is 0.451 e. The predicted molar refractivity (Wildman–Crippen MR) is 125 cm³/mol. The molecule has 0 saturated carbocycles. The normalized spacial score (nSPS) is 12.6. The Labute approximate surface area is 218 Å². The molecule has 37 heavy (non-hydrogen) atoms. The smallest absolute Gasteiger partial charge is 0.369 e. The van der Waals surface area contributed by atoms with Gasteiger partial charge in [-0.05, 0) is 30.1 Å². The standard InChI is InChI=1S/C19H14Cl2F9N5S.CH4/c1-2-36-5-3-4-31-15-11-13(18(25,26)27)32-16(19(28,29)30)33-14(11)34-35(15)12-9(20)6-8(7-10(12)21)17(22,23)24;/h6-7,31H,2-5H2,1H3;1H4. The van der Waals surface area contributed by atoms with Crippen LogP contribution in [0.15, 0.2) is 12.1 Å². The van der Waals surface area contributed by atoms with E-state index in [0.29, 0.717) is 29.0 Å². The number of rotatable bonds is 7. The van der Waals surface area contributed by atoms with E-state index in [9.17, 15) is 39.5 Å². The Balaban J connectivity index is 0.00000481.